The van der Waals surface area contributed by atoms with Gasteiger partial charge in [0.1, 0.15) is 5.82 Å². The second kappa shape index (κ2) is 5.29. The number of carbonyl (C=O) groups excluding carboxylic acids is 1. The van der Waals surface area contributed by atoms with Crippen LogP contribution in [0.2, 0.25) is 10.2 Å². The van der Waals surface area contributed by atoms with Gasteiger partial charge in [-0.2, -0.15) is 0 Å². The van der Waals surface area contributed by atoms with Crippen LogP contribution in [0.25, 0.3) is 0 Å². The molecule has 0 saturated heterocycles. The molecule has 0 aliphatic heterocycles. The molecule has 1 amide bonds. The van der Waals surface area contributed by atoms with Crippen LogP contribution in [0.5, 0.6) is 0 Å². The minimum absolute atomic E-state index is 0.0686. The normalized spacial score (nSPS) is 10.2. The Morgan fingerprint density at radius 3 is 2.61 bits per heavy atom. The molecule has 0 aliphatic carbocycles. The van der Waals surface area contributed by atoms with Crippen molar-refractivity contribution in [2.45, 2.75) is 0 Å². The van der Waals surface area contributed by atoms with Crippen LogP contribution in [-0.4, -0.2) is 15.9 Å². The molecule has 0 unspecified atom stereocenters. The van der Waals surface area contributed by atoms with Crippen LogP contribution >= 0.6 is 23.2 Å². The molecule has 0 radical (unpaired) electrons. The molecule has 1 heterocycles. The Bertz CT molecular complexity index is 607. The van der Waals surface area contributed by atoms with Crippen molar-refractivity contribution in [3.63, 3.8) is 0 Å². The molecule has 18 heavy (non-hydrogen) atoms. The fourth-order valence-corrected chi connectivity index (χ4v) is 1.55. The number of hydrogen-bond donors (Lipinski definition) is 1. The summed E-state index contributed by atoms with van der Waals surface area (Å²) < 4.78 is 12.9. The SMILES string of the molecule is O=C(Nc1nccnc1Cl)c1ccc(F)c(Cl)c1. The average Bonchev–Trinajstić information content (AvgIpc) is 2.35. The van der Waals surface area contributed by atoms with Crippen LogP contribution in [0.1, 0.15) is 10.4 Å². The van der Waals surface area contributed by atoms with Crippen LogP contribution in [0.15, 0.2) is 30.6 Å². The Labute approximate surface area is 112 Å². The van der Waals surface area contributed by atoms with Crippen LogP contribution in [-0.2, 0) is 0 Å². The smallest absolute Gasteiger partial charge is 0.256 e. The van der Waals surface area contributed by atoms with E-state index in [1.54, 1.807) is 0 Å². The van der Waals surface area contributed by atoms with Gasteiger partial charge in [0, 0.05) is 18.0 Å². The van der Waals surface area contributed by atoms with Crippen molar-refractivity contribution < 1.29 is 9.18 Å². The van der Waals surface area contributed by atoms with E-state index >= 15 is 0 Å². The van der Waals surface area contributed by atoms with Crippen molar-refractivity contribution >= 4 is 34.9 Å². The summed E-state index contributed by atoms with van der Waals surface area (Å²) in [4.78, 5) is 19.4. The van der Waals surface area contributed by atoms with Crippen LogP contribution in [0, 0.1) is 5.82 Å². The Morgan fingerprint density at radius 1 is 1.22 bits per heavy atom. The second-order valence-electron chi connectivity index (χ2n) is 3.28. The van der Waals surface area contributed by atoms with Gasteiger partial charge in [-0.3, -0.25) is 4.79 Å². The van der Waals surface area contributed by atoms with Gasteiger partial charge in [-0.25, -0.2) is 14.4 Å². The van der Waals surface area contributed by atoms with E-state index in [2.05, 4.69) is 15.3 Å². The van der Waals surface area contributed by atoms with E-state index in [-0.39, 0.29) is 21.6 Å². The Kier molecular flexibility index (Phi) is 3.74. The number of amides is 1. The maximum Gasteiger partial charge on any atom is 0.256 e. The van der Waals surface area contributed by atoms with Crippen molar-refractivity contribution in [1.82, 2.24) is 9.97 Å². The number of hydrogen-bond acceptors (Lipinski definition) is 3. The molecule has 2 rings (SSSR count). The molecule has 1 aromatic heterocycles. The predicted molar refractivity (Wildman–Crippen MR) is 66.4 cm³/mol. The largest absolute Gasteiger partial charge is 0.304 e. The fraction of sp³-hybridized carbons (Fsp3) is 0. The third-order valence-corrected chi connectivity index (χ3v) is 2.63. The molecule has 1 N–H and O–H groups in total. The summed E-state index contributed by atoms with van der Waals surface area (Å²) in [6, 6.07) is 3.63. The number of carbonyl (C=O) groups is 1. The lowest BCUT2D eigenvalue weighted by molar-refractivity contribution is 0.102. The van der Waals surface area contributed by atoms with Gasteiger partial charge in [0.2, 0.25) is 0 Å². The van der Waals surface area contributed by atoms with Crippen molar-refractivity contribution in [3.05, 3.63) is 52.1 Å². The fourth-order valence-electron chi connectivity index (χ4n) is 1.22. The number of nitrogens with one attached hydrogen (secondary N) is 1. The molecule has 0 saturated carbocycles. The summed E-state index contributed by atoms with van der Waals surface area (Å²) in [5, 5.41) is 2.38. The summed E-state index contributed by atoms with van der Waals surface area (Å²) in [5.74, 6) is -0.963. The molecule has 0 aliphatic rings. The van der Waals surface area contributed by atoms with E-state index < -0.39 is 11.7 Å². The first-order chi connectivity index (χ1) is 8.58. The summed E-state index contributed by atoms with van der Waals surface area (Å²) in [6.45, 7) is 0. The maximum absolute atomic E-state index is 12.9. The van der Waals surface area contributed by atoms with Crippen LogP contribution in [0.3, 0.4) is 0 Å². The Hall–Kier alpha value is -1.72. The summed E-state index contributed by atoms with van der Waals surface area (Å²) in [5.41, 5.74) is 0.197. The molecule has 2 aromatic rings. The molecule has 4 nitrogen and oxygen atoms in total. The maximum atomic E-state index is 12.9. The molecule has 92 valence electrons. The monoisotopic (exact) mass is 285 g/mol. The molecule has 0 spiro atoms. The average molecular weight is 286 g/mol. The van der Waals surface area contributed by atoms with E-state index in [0.29, 0.717) is 0 Å². The minimum atomic E-state index is -0.592. The number of benzene rings is 1. The topological polar surface area (TPSA) is 54.9 Å². The van der Waals surface area contributed by atoms with E-state index in [4.69, 9.17) is 23.2 Å². The summed E-state index contributed by atoms with van der Waals surface area (Å²) in [7, 11) is 0. The van der Waals surface area contributed by atoms with Gasteiger partial charge >= 0.3 is 0 Å². The highest BCUT2D eigenvalue weighted by Gasteiger charge is 2.11. The number of aromatic nitrogens is 2. The zero-order chi connectivity index (χ0) is 13.1. The third kappa shape index (κ3) is 2.75. The van der Waals surface area contributed by atoms with E-state index in [0.717, 1.165) is 6.07 Å². The number of nitrogens with zero attached hydrogens (tertiary/aromatic N) is 2. The van der Waals surface area contributed by atoms with E-state index in [1.807, 2.05) is 0 Å². The van der Waals surface area contributed by atoms with Gasteiger partial charge in [-0.1, -0.05) is 23.2 Å². The highest BCUT2D eigenvalue weighted by molar-refractivity contribution is 6.32. The molecule has 0 bridgehead atoms. The molecule has 1 aromatic carbocycles. The van der Waals surface area contributed by atoms with Crippen molar-refractivity contribution in [3.8, 4) is 0 Å². The van der Waals surface area contributed by atoms with Gasteiger partial charge in [0.05, 0.1) is 5.02 Å². The first-order valence-corrected chi connectivity index (χ1v) is 5.56. The summed E-state index contributed by atoms with van der Waals surface area (Å²) >= 11 is 11.3. The van der Waals surface area contributed by atoms with Crippen LogP contribution in [0.4, 0.5) is 10.2 Å². The predicted octanol–water partition coefficient (Wildman–Crippen LogP) is 3.17. The second-order valence-corrected chi connectivity index (χ2v) is 4.04. The Morgan fingerprint density at radius 2 is 1.94 bits per heavy atom. The van der Waals surface area contributed by atoms with Crippen molar-refractivity contribution in [2.24, 2.45) is 0 Å². The van der Waals surface area contributed by atoms with Gasteiger partial charge in [-0.05, 0) is 18.2 Å². The quantitative estimate of drug-likeness (QED) is 0.922. The zero-order valence-electron chi connectivity index (χ0n) is 8.82. The van der Waals surface area contributed by atoms with E-state index in [9.17, 15) is 9.18 Å². The molecule has 0 fully saturated rings. The minimum Gasteiger partial charge on any atom is -0.304 e. The lowest BCUT2D eigenvalue weighted by atomic mass is 10.2. The van der Waals surface area contributed by atoms with E-state index in [1.165, 1.54) is 24.5 Å². The number of rotatable bonds is 2. The Balaban J connectivity index is 2.22. The first-order valence-electron chi connectivity index (χ1n) is 4.81. The van der Waals surface area contributed by atoms with Crippen molar-refractivity contribution in [2.75, 3.05) is 5.32 Å². The highest BCUT2D eigenvalue weighted by atomic mass is 35.5. The van der Waals surface area contributed by atoms with Gasteiger partial charge in [0.15, 0.2) is 11.0 Å². The first kappa shape index (κ1) is 12.7. The molecule has 7 heteroatoms. The lowest BCUT2D eigenvalue weighted by Gasteiger charge is -2.05. The number of anilines is 1. The van der Waals surface area contributed by atoms with Crippen LogP contribution < -0.4 is 5.32 Å². The standard InChI is InChI=1S/C11H6Cl2FN3O/c12-7-5-6(1-2-8(7)14)11(18)17-10-9(13)15-3-4-16-10/h1-5H,(H,16,17,18). The number of halogens is 3. The molecular formula is C11H6Cl2FN3O. The third-order valence-electron chi connectivity index (χ3n) is 2.07. The lowest BCUT2D eigenvalue weighted by Crippen LogP contribution is -2.13. The zero-order valence-corrected chi connectivity index (χ0v) is 10.3. The van der Waals surface area contributed by atoms with Crippen molar-refractivity contribution in [1.29, 1.82) is 0 Å². The summed E-state index contributed by atoms with van der Waals surface area (Å²) in [6.07, 6.45) is 2.78. The highest BCUT2D eigenvalue weighted by Crippen LogP contribution is 2.18. The molecular weight excluding hydrogens is 280 g/mol. The molecule has 0 atom stereocenters. The van der Waals surface area contributed by atoms with Gasteiger partial charge in [-0.15, -0.1) is 0 Å². The van der Waals surface area contributed by atoms with Gasteiger partial charge in [0.25, 0.3) is 5.91 Å². The van der Waals surface area contributed by atoms with Gasteiger partial charge < -0.3 is 5.32 Å².